The second-order valence-corrected chi connectivity index (χ2v) is 5.51. The fraction of sp³-hybridized carbons (Fsp3) is 0.200. The molecule has 2 aliphatic rings. The average molecular weight is 274 g/mol. The Labute approximate surface area is 115 Å². The summed E-state index contributed by atoms with van der Waals surface area (Å²) in [6.45, 7) is 1.49. The van der Waals surface area contributed by atoms with Gasteiger partial charge in [-0.15, -0.1) is 0 Å². The molecule has 0 atom stereocenters. The molecule has 0 saturated carbocycles. The molecule has 0 unspecified atom stereocenters. The van der Waals surface area contributed by atoms with Gasteiger partial charge in [0.1, 0.15) is 11.5 Å². The number of aromatic hydroxyl groups is 1. The molecule has 0 aliphatic carbocycles. The van der Waals surface area contributed by atoms with Crippen LogP contribution < -0.4 is 10.1 Å². The number of rotatable bonds is 0. The van der Waals surface area contributed by atoms with E-state index in [2.05, 4.69) is 5.32 Å². The highest BCUT2D eigenvalue weighted by atomic mass is 35.5. The number of hydrogen-bond donors (Lipinski definition) is 2. The fourth-order valence-corrected chi connectivity index (χ4v) is 2.99. The summed E-state index contributed by atoms with van der Waals surface area (Å²) in [6, 6.07) is 11.1. The topological polar surface area (TPSA) is 41.5 Å². The number of benzene rings is 2. The Morgan fingerprint density at radius 2 is 1.89 bits per heavy atom. The van der Waals surface area contributed by atoms with E-state index in [9.17, 15) is 5.11 Å². The van der Waals surface area contributed by atoms with Crippen LogP contribution in [-0.2, 0) is 5.60 Å². The lowest BCUT2D eigenvalue weighted by molar-refractivity contribution is 0.00970. The minimum Gasteiger partial charge on any atom is -0.508 e. The molecule has 3 nitrogen and oxygen atoms in total. The van der Waals surface area contributed by atoms with Crippen molar-refractivity contribution in [3.8, 4) is 22.6 Å². The van der Waals surface area contributed by atoms with Gasteiger partial charge in [0, 0.05) is 29.2 Å². The summed E-state index contributed by atoms with van der Waals surface area (Å²) < 4.78 is 6.16. The van der Waals surface area contributed by atoms with E-state index in [4.69, 9.17) is 16.3 Å². The van der Waals surface area contributed by atoms with Crippen LogP contribution in [0.4, 0.5) is 0 Å². The van der Waals surface area contributed by atoms with Crippen molar-refractivity contribution in [2.75, 3.05) is 13.1 Å². The number of ether oxygens (including phenoxy) is 1. The van der Waals surface area contributed by atoms with Crippen LogP contribution in [0.5, 0.6) is 11.5 Å². The minimum absolute atomic E-state index is 0.269. The minimum atomic E-state index is -0.369. The van der Waals surface area contributed by atoms with E-state index in [0.717, 1.165) is 35.5 Å². The first-order valence-corrected chi connectivity index (χ1v) is 6.59. The number of nitrogens with one attached hydrogen (secondary N) is 1. The largest absolute Gasteiger partial charge is 0.508 e. The quantitative estimate of drug-likeness (QED) is 0.775. The Morgan fingerprint density at radius 1 is 1.11 bits per heavy atom. The summed E-state index contributed by atoms with van der Waals surface area (Å²) in [7, 11) is 0. The van der Waals surface area contributed by atoms with Gasteiger partial charge in [-0.3, -0.25) is 0 Å². The summed E-state index contributed by atoms with van der Waals surface area (Å²) in [6.07, 6.45) is 0. The molecule has 0 radical (unpaired) electrons. The Hall–Kier alpha value is -1.71. The van der Waals surface area contributed by atoms with Gasteiger partial charge in [-0.25, -0.2) is 0 Å². The monoisotopic (exact) mass is 273 g/mol. The van der Waals surface area contributed by atoms with Gasteiger partial charge in [0.25, 0.3) is 0 Å². The number of phenols is 1. The molecule has 2 aliphatic heterocycles. The SMILES string of the molecule is Oc1ccc2c(c1)C1(CNC1)Oc1cc(Cl)ccc1-2. The maximum atomic E-state index is 9.74. The first-order chi connectivity index (χ1) is 9.18. The molecular formula is C15H12ClNO2. The standard InChI is InChI=1S/C15H12ClNO2/c16-9-1-3-12-11-4-2-10(18)6-13(11)15(7-17-8-15)19-14(12)5-9/h1-6,17-18H,7-8H2. The average Bonchev–Trinajstić information content (AvgIpc) is 2.35. The summed E-state index contributed by atoms with van der Waals surface area (Å²) in [5.41, 5.74) is 2.81. The molecule has 0 aromatic heterocycles. The molecule has 0 bridgehead atoms. The number of hydrogen-bond acceptors (Lipinski definition) is 3. The third kappa shape index (κ3) is 1.49. The fourth-order valence-electron chi connectivity index (χ4n) is 2.83. The van der Waals surface area contributed by atoms with Crippen molar-refractivity contribution in [3.63, 3.8) is 0 Å². The highest BCUT2D eigenvalue weighted by molar-refractivity contribution is 6.30. The number of halogens is 1. The molecule has 2 aromatic carbocycles. The van der Waals surface area contributed by atoms with Gasteiger partial charge in [0.05, 0.1) is 0 Å². The molecule has 2 heterocycles. The van der Waals surface area contributed by atoms with Crippen LogP contribution in [0.1, 0.15) is 5.56 Å². The maximum absolute atomic E-state index is 9.74. The Balaban J connectivity index is 2.00. The van der Waals surface area contributed by atoms with Crippen molar-refractivity contribution in [2.45, 2.75) is 5.60 Å². The van der Waals surface area contributed by atoms with Crippen molar-refractivity contribution < 1.29 is 9.84 Å². The molecule has 1 fully saturated rings. The molecule has 4 heteroatoms. The number of phenolic OH excluding ortho intramolecular Hbond substituents is 1. The lowest BCUT2D eigenvalue weighted by atomic mass is 9.80. The molecular weight excluding hydrogens is 262 g/mol. The molecule has 96 valence electrons. The Kier molecular flexibility index (Phi) is 2.14. The first kappa shape index (κ1) is 11.1. The highest BCUT2D eigenvalue weighted by Crippen LogP contribution is 2.48. The molecule has 1 saturated heterocycles. The lowest BCUT2D eigenvalue weighted by Crippen LogP contribution is -2.61. The lowest BCUT2D eigenvalue weighted by Gasteiger charge is -2.46. The van der Waals surface area contributed by atoms with Gasteiger partial charge in [-0.05, 0) is 35.9 Å². The second kappa shape index (κ2) is 3.65. The van der Waals surface area contributed by atoms with Crippen molar-refractivity contribution in [2.24, 2.45) is 0 Å². The van der Waals surface area contributed by atoms with Crippen LogP contribution in [-0.4, -0.2) is 18.2 Å². The molecule has 19 heavy (non-hydrogen) atoms. The Bertz CT molecular complexity index is 680. The van der Waals surface area contributed by atoms with E-state index >= 15 is 0 Å². The van der Waals surface area contributed by atoms with Gasteiger partial charge in [-0.1, -0.05) is 17.7 Å². The van der Waals surface area contributed by atoms with E-state index in [-0.39, 0.29) is 11.4 Å². The summed E-state index contributed by atoms with van der Waals surface area (Å²) in [5.74, 6) is 1.08. The van der Waals surface area contributed by atoms with Crippen molar-refractivity contribution >= 4 is 11.6 Å². The van der Waals surface area contributed by atoms with Crippen LogP contribution in [0.2, 0.25) is 5.02 Å². The van der Waals surface area contributed by atoms with Crippen molar-refractivity contribution in [1.82, 2.24) is 5.32 Å². The van der Waals surface area contributed by atoms with E-state index < -0.39 is 0 Å². The van der Waals surface area contributed by atoms with E-state index in [0.29, 0.717) is 5.02 Å². The third-order valence-electron chi connectivity index (χ3n) is 3.85. The summed E-state index contributed by atoms with van der Waals surface area (Å²) in [4.78, 5) is 0. The number of fused-ring (bicyclic) bond motifs is 4. The van der Waals surface area contributed by atoms with Crippen LogP contribution in [0, 0.1) is 0 Å². The zero-order valence-electron chi connectivity index (χ0n) is 10.1. The zero-order valence-corrected chi connectivity index (χ0v) is 10.9. The third-order valence-corrected chi connectivity index (χ3v) is 4.09. The predicted octanol–water partition coefficient (Wildman–Crippen LogP) is 2.90. The molecule has 0 amide bonds. The van der Waals surface area contributed by atoms with Gasteiger partial charge < -0.3 is 15.2 Å². The van der Waals surface area contributed by atoms with Gasteiger partial charge in [0.2, 0.25) is 0 Å². The van der Waals surface area contributed by atoms with Crippen LogP contribution >= 0.6 is 11.6 Å². The highest BCUT2D eigenvalue weighted by Gasteiger charge is 2.46. The molecule has 4 rings (SSSR count). The van der Waals surface area contributed by atoms with Gasteiger partial charge >= 0.3 is 0 Å². The van der Waals surface area contributed by atoms with Gasteiger partial charge in [0.15, 0.2) is 5.60 Å². The predicted molar refractivity (Wildman–Crippen MR) is 73.7 cm³/mol. The van der Waals surface area contributed by atoms with Crippen LogP contribution in [0.15, 0.2) is 36.4 Å². The molecule has 2 N–H and O–H groups in total. The van der Waals surface area contributed by atoms with Crippen LogP contribution in [0.25, 0.3) is 11.1 Å². The van der Waals surface area contributed by atoms with Gasteiger partial charge in [-0.2, -0.15) is 0 Å². The van der Waals surface area contributed by atoms with Crippen molar-refractivity contribution in [1.29, 1.82) is 0 Å². The summed E-state index contributed by atoms with van der Waals surface area (Å²) in [5, 5.41) is 13.6. The van der Waals surface area contributed by atoms with E-state index in [1.165, 1.54) is 0 Å². The smallest absolute Gasteiger partial charge is 0.159 e. The molecule has 1 spiro atoms. The summed E-state index contributed by atoms with van der Waals surface area (Å²) >= 11 is 6.05. The van der Waals surface area contributed by atoms with Crippen molar-refractivity contribution in [3.05, 3.63) is 47.0 Å². The van der Waals surface area contributed by atoms with E-state index in [1.54, 1.807) is 12.1 Å². The molecule has 2 aromatic rings. The zero-order chi connectivity index (χ0) is 13.0. The second-order valence-electron chi connectivity index (χ2n) is 5.07. The van der Waals surface area contributed by atoms with Crippen LogP contribution in [0.3, 0.4) is 0 Å². The normalized spacial score (nSPS) is 18.2. The first-order valence-electron chi connectivity index (χ1n) is 6.21. The Morgan fingerprint density at radius 3 is 2.63 bits per heavy atom. The van der Waals surface area contributed by atoms with E-state index in [1.807, 2.05) is 24.3 Å². The maximum Gasteiger partial charge on any atom is 0.159 e.